The van der Waals surface area contributed by atoms with Gasteiger partial charge in [0.25, 0.3) is 5.91 Å². The van der Waals surface area contributed by atoms with Crippen molar-refractivity contribution in [2.24, 2.45) is 0 Å². The Morgan fingerprint density at radius 2 is 1.96 bits per heavy atom. The van der Waals surface area contributed by atoms with Crippen molar-refractivity contribution in [3.8, 4) is 5.75 Å². The zero-order valence-electron chi connectivity index (χ0n) is 14.5. The largest absolute Gasteiger partial charge is 0.496 e. The number of hydrogen-bond donors (Lipinski definition) is 1. The maximum Gasteiger partial charge on any atom is 0.416 e. The van der Waals surface area contributed by atoms with Crippen LogP contribution < -0.4 is 10.1 Å². The van der Waals surface area contributed by atoms with E-state index in [1.165, 1.54) is 24.9 Å². The van der Waals surface area contributed by atoms with E-state index in [1.54, 1.807) is 30.3 Å². The van der Waals surface area contributed by atoms with Gasteiger partial charge in [0.05, 0.1) is 18.2 Å². The molecule has 0 aliphatic heterocycles. The third-order valence-electron chi connectivity index (χ3n) is 3.60. The number of thioether (sulfide) groups is 1. The second-order valence-electron chi connectivity index (χ2n) is 5.51. The number of aromatic nitrogens is 2. The lowest BCUT2D eigenvalue weighted by molar-refractivity contribution is -0.137. The van der Waals surface area contributed by atoms with Gasteiger partial charge in [0, 0.05) is 5.75 Å². The number of nitrogens with one attached hydrogen (secondary N) is 1. The molecule has 1 N–H and O–H groups in total. The van der Waals surface area contributed by atoms with Crippen LogP contribution in [0, 0.1) is 0 Å². The van der Waals surface area contributed by atoms with E-state index in [2.05, 4.69) is 15.5 Å². The molecule has 0 saturated carbocycles. The monoisotopic (exact) mass is 425 g/mol. The van der Waals surface area contributed by atoms with Crippen LogP contribution in [0.25, 0.3) is 0 Å². The van der Waals surface area contributed by atoms with Gasteiger partial charge in [0.1, 0.15) is 5.75 Å². The van der Waals surface area contributed by atoms with Crippen molar-refractivity contribution >= 4 is 34.1 Å². The van der Waals surface area contributed by atoms with E-state index < -0.39 is 11.7 Å². The van der Waals surface area contributed by atoms with Gasteiger partial charge in [0.2, 0.25) is 5.13 Å². The maximum absolute atomic E-state index is 12.8. The average molecular weight is 425 g/mol. The lowest BCUT2D eigenvalue weighted by Crippen LogP contribution is -2.12. The van der Waals surface area contributed by atoms with Crippen LogP contribution in [0.5, 0.6) is 5.75 Å². The van der Waals surface area contributed by atoms with Crippen LogP contribution in [0.2, 0.25) is 0 Å². The highest BCUT2D eigenvalue weighted by atomic mass is 32.2. The number of methoxy groups -OCH3 is 1. The number of hydrogen-bond acceptors (Lipinski definition) is 6. The normalized spacial score (nSPS) is 11.3. The van der Waals surface area contributed by atoms with E-state index in [9.17, 15) is 18.0 Å². The topological polar surface area (TPSA) is 64.1 Å². The molecule has 146 valence electrons. The van der Waals surface area contributed by atoms with Crippen molar-refractivity contribution < 1.29 is 22.7 Å². The number of nitrogens with zero attached hydrogens (tertiary/aromatic N) is 2. The SMILES string of the molecule is COc1ccccc1C(=O)Nc1nnc(SCc2cccc(C(F)(F)F)c2)s1. The van der Waals surface area contributed by atoms with E-state index in [-0.39, 0.29) is 5.91 Å². The number of alkyl halides is 3. The van der Waals surface area contributed by atoms with Gasteiger partial charge in [-0.3, -0.25) is 10.1 Å². The summed E-state index contributed by atoms with van der Waals surface area (Å²) in [7, 11) is 1.47. The van der Waals surface area contributed by atoms with Crippen molar-refractivity contribution in [1.29, 1.82) is 0 Å². The fourth-order valence-corrected chi connectivity index (χ4v) is 3.99. The van der Waals surface area contributed by atoms with Crippen molar-refractivity contribution in [2.75, 3.05) is 12.4 Å². The van der Waals surface area contributed by atoms with Gasteiger partial charge in [-0.25, -0.2) is 0 Å². The molecule has 0 atom stereocenters. The highest BCUT2D eigenvalue weighted by molar-refractivity contribution is 8.00. The van der Waals surface area contributed by atoms with Gasteiger partial charge >= 0.3 is 6.18 Å². The summed E-state index contributed by atoms with van der Waals surface area (Å²) in [6.45, 7) is 0. The van der Waals surface area contributed by atoms with Gasteiger partial charge < -0.3 is 4.74 Å². The maximum atomic E-state index is 12.8. The minimum atomic E-state index is -4.38. The second-order valence-corrected chi connectivity index (χ2v) is 7.71. The number of amides is 1. The highest BCUT2D eigenvalue weighted by Crippen LogP contribution is 2.32. The van der Waals surface area contributed by atoms with Gasteiger partial charge in [-0.1, -0.05) is 53.4 Å². The molecule has 5 nitrogen and oxygen atoms in total. The number of rotatable bonds is 6. The fourth-order valence-electron chi connectivity index (χ4n) is 2.30. The Morgan fingerprint density at radius 3 is 2.71 bits per heavy atom. The minimum absolute atomic E-state index is 0.294. The number of carbonyl (C=O) groups excluding carboxylic acids is 1. The molecule has 28 heavy (non-hydrogen) atoms. The summed E-state index contributed by atoms with van der Waals surface area (Å²) in [6, 6.07) is 11.9. The number of para-hydroxylation sites is 1. The summed E-state index contributed by atoms with van der Waals surface area (Å²) in [5.41, 5.74) is 0.195. The van der Waals surface area contributed by atoms with Crippen LogP contribution in [-0.4, -0.2) is 23.2 Å². The Balaban J connectivity index is 1.62. The molecular weight excluding hydrogens is 411 g/mol. The Bertz CT molecular complexity index is 976. The quantitative estimate of drug-likeness (QED) is 0.439. The molecule has 10 heteroatoms. The smallest absolute Gasteiger partial charge is 0.416 e. The molecule has 1 amide bonds. The van der Waals surface area contributed by atoms with Gasteiger partial charge in [-0.2, -0.15) is 13.2 Å². The van der Waals surface area contributed by atoms with Crippen LogP contribution in [0.1, 0.15) is 21.5 Å². The highest BCUT2D eigenvalue weighted by Gasteiger charge is 2.30. The Kier molecular flexibility index (Phi) is 6.20. The summed E-state index contributed by atoms with van der Waals surface area (Å²) >= 11 is 2.39. The molecule has 2 aromatic carbocycles. The summed E-state index contributed by atoms with van der Waals surface area (Å²) in [6.07, 6.45) is -4.38. The van der Waals surface area contributed by atoms with Crippen molar-refractivity contribution in [2.45, 2.75) is 16.3 Å². The summed E-state index contributed by atoms with van der Waals surface area (Å²) in [5, 5.41) is 10.8. The Morgan fingerprint density at radius 1 is 1.18 bits per heavy atom. The zero-order chi connectivity index (χ0) is 20.1. The first kappa shape index (κ1) is 20.2. The van der Waals surface area contributed by atoms with Crippen molar-refractivity contribution in [3.63, 3.8) is 0 Å². The van der Waals surface area contributed by atoms with E-state index in [0.29, 0.717) is 32.1 Å². The first-order valence-electron chi connectivity index (χ1n) is 7.93. The third kappa shape index (κ3) is 5.02. The molecule has 0 saturated heterocycles. The Labute approximate surface area is 166 Å². The number of halogens is 3. The fraction of sp³-hybridized carbons (Fsp3) is 0.167. The molecule has 0 bridgehead atoms. The zero-order valence-corrected chi connectivity index (χ0v) is 16.1. The standard InChI is InChI=1S/C18H14F3N3O2S2/c1-26-14-8-3-2-7-13(14)15(25)22-16-23-24-17(28-16)27-10-11-5-4-6-12(9-11)18(19,20)21/h2-9H,10H2,1H3,(H,22,23,25). The van der Waals surface area contributed by atoms with Crippen LogP contribution in [0.3, 0.4) is 0 Å². The lowest BCUT2D eigenvalue weighted by Gasteiger charge is -2.07. The van der Waals surface area contributed by atoms with Gasteiger partial charge in [0.15, 0.2) is 4.34 Å². The predicted molar refractivity (Wildman–Crippen MR) is 102 cm³/mol. The molecule has 0 aliphatic rings. The summed E-state index contributed by atoms with van der Waals surface area (Å²) in [4.78, 5) is 12.3. The number of ether oxygens (including phenoxy) is 1. The molecule has 0 fully saturated rings. The average Bonchev–Trinajstić information content (AvgIpc) is 3.13. The van der Waals surface area contributed by atoms with E-state index in [0.717, 1.165) is 23.5 Å². The van der Waals surface area contributed by atoms with Crippen LogP contribution in [0.15, 0.2) is 52.9 Å². The lowest BCUT2D eigenvalue weighted by atomic mass is 10.1. The molecule has 3 rings (SSSR count). The number of anilines is 1. The molecule has 0 aliphatic carbocycles. The van der Waals surface area contributed by atoms with Crippen LogP contribution >= 0.6 is 23.1 Å². The molecule has 0 spiro atoms. The van der Waals surface area contributed by atoms with E-state index in [4.69, 9.17) is 4.74 Å². The second kappa shape index (κ2) is 8.61. The Hall–Kier alpha value is -2.59. The minimum Gasteiger partial charge on any atom is -0.496 e. The molecule has 0 radical (unpaired) electrons. The molecule has 1 aromatic heterocycles. The molecule has 3 aromatic rings. The van der Waals surface area contributed by atoms with Gasteiger partial charge in [-0.05, 0) is 23.8 Å². The van der Waals surface area contributed by atoms with Crippen LogP contribution in [0.4, 0.5) is 18.3 Å². The van der Waals surface area contributed by atoms with E-state index in [1.807, 2.05) is 0 Å². The van der Waals surface area contributed by atoms with Crippen molar-refractivity contribution in [3.05, 3.63) is 65.2 Å². The summed E-state index contributed by atoms with van der Waals surface area (Å²) in [5.74, 6) is 0.352. The third-order valence-corrected chi connectivity index (χ3v) is 5.64. The number of carbonyl (C=O) groups is 1. The first-order valence-corrected chi connectivity index (χ1v) is 9.74. The first-order chi connectivity index (χ1) is 13.4. The number of benzene rings is 2. The molecular formula is C18H14F3N3O2S2. The van der Waals surface area contributed by atoms with Gasteiger partial charge in [-0.15, -0.1) is 10.2 Å². The summed E-state index contributed by atoms with van der Waals surface area (Å²) < 4.78 is 44.0. The molecule has 1 heterocycles. The predicted octanol–water partition coefficient (Wildman–Crippen LogP) is 5.11. The van der Waals surface area contributed by atoms with Crippen LogP contribution in [-0.2, 0) is 11.9 Å². The van der Waals surface area contributed by atoms with Crippen molar-refractivity contribution in [1.82, 2.24) is 10.2 Å². The molecule has 0 unspecified atom stereocenters. The van der Waals surface area contributed by atoms with E-state index >= 15 is 0 Å².